The van der Waals surface area contributed by atoms with Gasteiger partial charge in [0.1, 0.15) is 11.1 Å². The van der Waals surface area contributed by atoms with Crippen LogP contribution in [0.25, 0.3) is 0 Å². The second-order valence-electron chi connectivity index (χ2n) is 4.71. The molecular formula is C11H17N3O3S. The smallest absolute Gasteiger partial charge is 0.238 e. The van der Waals surface area contributed by atoms with Crippen LogP contribution in [0.2, 0.25) is 0 Å². The Kier molecular flexibility index (Phi) is 3.43. The number of rotatable bonds is 3. The summed E-state index contributed by atoms with van der Waals surface area (Å²) < 4.78 is 24.6. The molecule has 1 amide bonds. The molecule has 0 saturated heterocycles. The number of sulfone groups is 1. The minimum absolute atomic E-state index is 0.0246. The molecular weight excluding hydrogens is 254 g/mol. The molecule has 1 aliphatic heterocycles. The molecule has 100 valence electrons. The van der Waals surface area contributed by atoms with Gasteiger partial charge < -0.3 is 9.88 Å². The highest BCUT2D eigenvalue weighted by atomic mass is 32.2. The highest BCUT2D eigenvalue weighted by molar-refractivity contribution is 7.92. The van der Waals surface area contributed by atoms with Gasteiger partial charge in [0.25, 0.3) is 0 Å². The first kappa shape index (κ1) is 13.1. The second-order valence-corrected chi connectivity index (χ2v) is 7.08. The number of fused-ring (bicyclic) bond motifs is 1. The van der Waals surface area contributed by atoms with E-state index in [0.29, 0.717) is 6.54 Å². The number of hydrogen-bond donors (Lipinski definition) is 1. The van der Waals surface area contributed by atoms with Crippen molar-refractivity contribution in [3.8, 4) is 0 Å². The predicted molar refractivity (Wildman–Crippen MR) is 66.8 cm³/mol. The van der Waals surface area contributed by atoms with Crippen molar-refractivity contribution in [2.75, 3.05) is 6.26 Å². The normalized spacial score (nSPS) is 21.1. The summed E-state index contributed by atoms with van der Waals surface area (Å²) >= 11 is 0. The van der Waals surface area contributed by atoms with Gasteiger partial charge >= 0.3 is 0 Å². The van der Waals surface area contributed by atoms with Crippen LogP contribution in [0.15, 0.2) is 12.4 Å². The number of carbonyl (C=O) groups is 1. The molecule has 7 heteroatoms. The monoisotopic (exact) mass is 271 g/mol. The Morgan fingerprint density at radius 2 is 2.33 bits per heavy atom. The first-order chi connectivity index (χ1) is 8.38. The molecule has 1 aromatic heterocycles. The second kappa shape index (κ2) is 4.72. The van der Waals surface area contributed by atoms with Gasteiger partial charge in [-0.3, -0.25) is 4.79 Å². The Hall–Kier alpha value is -1.37. The van der Waals surface area contributed by atoms with E-state index < -0.39 is 21.0 Å². The zero-order chi connectivity index (χ0) is 13.3. The van der Waals surface area contributed by atoms with Crippen LogP contribution in [0.4, 0.5) is 0 Å². The van der Waals surface area contributed by atoms with E-state index in [4.69, 9.17) is 0 Å². The van der Waals surface area contributed by atoms with Crippen molar-refractivity contribution >= 4 is 15.7 Å². The molecule has 0 bridgehead atoms. The van der Waals surface area contributed by atoms with Crippen molar-refractivity contribution in [3.05, 3.63) is 18.2 Å². The van der Waals surface area contributed by atoms with E-state index in [9.17, 15) is 13.2 Å². The van der Waals surface area contributed by atoms with Crippen LogP contribution in [0.3, 0.4) is 0 Å². The quantitative estimate of drug-likeness (QED) is 0.822. The summed E-state index contributed by atoms with van der Waals surface area (Å²) in [5, 5.41) is 1.79. The van der Waals surface area contributed by atoms with Crippen molar-refractivity contribution in [2.45, 2.75) is 37.6 Å². The molecule has 6 nitrogen and oxygen atoms in total. The standard InChI is InChI=1S/C11H17N3O3S/c1-8(18(2,16)17)11(15)13-9-3-4-10-12-5-6-14(10)7-9/h5-6,8-9H,3-4,7H2,1-2H3,(H,13,15). The van der Waals surface area contributed by atoms with Crippen molar-refractivity contribution in [2.24, 2.45) is 0 Å². The van der Waals surface area contributed by atoms with E-state index in [-0.39, 0.29) is 6.04 Å². The highest BCUT2D eigenvalue weighted by Crippen LogP contribution is 2.13. The lowest BCUT2D eigenvalue weighted by Gasteiger charge is -2.25. The molecule has 2 rings (SSSR count). The van der Waals surface area contributed by atoms with Crippen LogP contribution in [-0.4, -0.2) is 41.4 Å². The average molecular weight is 271 g/mol. The molecule has 1 aliphatic rings. The van der Waals surface area contributed by atoms with Gasteiger partial charge in [-0.25, -0.2) is 13.4 Å². The first-order valence-corrected chi connectivity index (χ1v) is 7.82. The Bertz CT molecular complexity index is 550. The highest BCUT2D eigenvalue weighted by Gasteiger charge is 2.27. The van der Waals surface area contributed by atoms with Crippen molar-refractivity contribution in [1.82, 2.24) is 14.9 Å². The van der Waals surface area contributed by atoms with E-state index in [2.05, 4.69) is 10.3 Å². The van der Waals surface area contributed by atoms with Crippen LogP contribution in [-0.2, 0) is 27.6 Å². The molecule has 18 heavy (non-hydrogen) atoms. The summed E-state index contributed by atoms with van der Waals surface area (Å²) in [6, 6.07) is -0.0246. The van der Waals surface area contributed by atoms with Gasteiger partial charge in [0, 0.05) is 37.7 Å². The number of aryl methyl sites for hydroxylation is 1. The molecule has 2 atom stereocenters. The van der Waals surface area contributed by atoms with Gasteiger partial charge in [0.15, 0.2) is 9.84 Å². The van der Waals surface area contributed by atoms with Crippen LogP contribution in [0.1, 0.15) is 19.2 Å². The third-order valence-corrected chi connectivity index (χ3v) is 4.79. The van der Waals surface area contributed by atoms with Gasteiger partial charge in [-0.1, -0.05) is 0 Å². The molecule has 0 fully saturated rings. The molecule has 1 N–H and O–H groups in total. The fourth-order valence-electron chi connectivity index (χ4n) is 2.00. The number of hydrogen-bond acceptors (Lipinski definition) is 4. The summed E-state index contributed by atoms with van der Waals surface area (Å²) in [5.74, 6) is 0.586. The number of nitrogens with one attached hydrogen (secondary N) is 1. The van der Waals surface area contributed by atoms with Crippen LogP contribution < -0.4 is 5.32 Å². The third kappa shape index (κ3) is 2.72. The minimum atomic E-state index is -3.33. The number of amides is 1. The van der Waals surface area contributed by atoms with Gasteiger partial charge in [-0.05, 0) is 13.3 Å². The Morgan fingerprint density at radius 1 is 1.61 bits per heavy atom. The van der Waals surface area contributed by atoms with Crippen LogP contribution >= 0.6 is 0 Å². The van der Waals surface area contributed by atoms with Crippen LogP contribution in [0.5, 0.6) is 0 Å². The van der Waals surface area contributed by atoms with E-state index >= 15 is 0 Å². The molecule has 0 radical (unpaired) electrons. The van der Waals surface area contributed by atoms with Crippen molar-refractivity contribution in [3.63, 3.8) is 0 Å². The predicted octanol–water partition coefficient (Wildman–Crippen LogP) is -0.253. The van der Waals surface area contributed by atoms with E-state index in [1.165, 1.54) is 6.92 Å². The molecule has 0 aliphatic carbocycles. The molecule has 0 saturated carbocycles. The lowest BCUT2D eigenvalue weighted by Crippen LogP contribution is -2.46. The first-order valence-electron chi connectivity index (χ1n) is 5.87. The van der Waals surface area contributed by atoms with E-state index in [1.807, 2.05) is 10.8 Å². The maximum Gasteiger partial charge on any atom is 0.238 e. The Balaban J connectivity index is 1.98. The zero-order valence-corrected chi connectivity index (χ0v) is 11.3. The molecule has 0 aromatic carbocycles. The zero-order valence-electron chi connectivity index (χ0n) is 10.5. The molecule has 2 unspecified atom stereocenters. The lowest BCUT2D eigenvalue weighted by atomic mass is 10.1. The molecule has 2 heterocycles. The fourth-order valence-corrected chi connectivity index (χ4v) is 2.45. The summed E-state index contributed by atoms with van der Waals surface area (Å²) in [6.07, 6.45) is 6.27. The third-order valence-electron chi connectivity index (χ3n) is 3.29. The molecule has 1 aromatic rings. The topological polar surface area (TPSA) is 81.1 Å². The Labute approximate surface area is 106 Å². The van der Waals surface area contributed by atoms with Crippen LogP contribution in [0, 0.1) is 0 Å². The minimum Gasteiger partial charge on any atom is -0.350 e. The van der Waals surface area contributed by atoms with Gasteiger partial charge in [0.2, 0.25) is 5.91 Å². The largest absolute Gasteiger partial charge is 0.350 e. The molecule has 0 spiro atoms. The van der Waals surface area contributed by atoms with Gasteiger partial charge in [-0.2, -0.15) is 0 Å². The summed E-state index contributed by atoms with van der Waals surface area (Å²) in [7, 11) is -3.33. The summed E-state index contributed by atoms with van der Waals surface area (Å²) in [6.45, 7) is 2.06. The number of carbonyl (C=O) groups excluding carboxylic acids is 1. The summed E-state index contributed by atoms with van der Waals surface area (Å²) in [5.41, 5.74) is 0. The Morgan fingerprint density at radius 3 is 3.00 bits per heavy atom. The van der Waals surface area contributed by atoms with E-state index in [0.717, 1.165) is 24.9 Å². The SMILES string of the molecule is CC(C(=O)NC1CCc2nccn2C1)S(C)(=O)=O. The van der Waals surface area contributed by atoms with Crippen molar-refractivity contribution in [1.29, 1.82) is 0 Å². The lowest BCUT2D eigenvalue weighted by molar-refractivity contribution is -0.121. The summed E-state index contributed by atoms with van der Waals surface area (Å²) in [4.78, 5) is 16.0. The van der Waals surface area contributed by atoms with Crippen molar-refractivity contribution < 1.29 is 13.2 Å². The maximum atomic E-state index is 11.8. The van der Waals surface area contributed by atoms with Gasteiger partial charge in [0.05, 0.1) is 0 Å². The van der Waals surface area contributed by atoms with E-state index in [1.54, 1.807) is 6.20 Å². The maximum absolute atomic E-state index is 11.8. The fraction of sp³-hybridized carbons (Fsp3) is 0.636. The average Bonchev–Trinajstić information content (AvgIpc) is 2.73. The number of imidazole rings is 1. The number of aromatic nitrogens is 2. The van der Waals surface area contributed by atoms with Gasteiger partial charge in [-0.15, -0.1) is 0 Å². The number of nitrogens with zero attached hydrogens (tertiary/aromatic N) is 2.